The molecule has 1 heterocycles. The number of aliphatic hydroxyl groups excluding tert-OH is 1. The number of unbranched alkanes of at least 4 members (excludes halogenated alkanes) is 1. The third-order valence-electron chi connectivity index (χ3n) is 2.52. The molecule has 2 N–H and O–H groups in total. The summed E-state index contributed by atoms with van der Waals surface area (Å²) in [7, 11) is 0. The first-order valence-electron chi connectivity index (χ1n) is 5.40. The fraction of sp³-hybridized carbons (Fsp3) is 0.800. The topological polar surface area (TPSA) is 87.1 Å². The summed E-state index contributed by atoms with van der Waals surface area (Å²) in [5.74, 6) is -1.11. The van der Waals surface area contributed by atoms with Crippen LogP contribution in [0.15, 0.2) is 0 Å². The number of carboxylic acids is 1. The van der Waals surface area contributed by atoms with Crippen LogP contribution in [0.5, 0.6) is 0 Å². The first-order chi connectivity index (χ1) is 7.56. The van der Waals surface area contributed by atoms with E-state index < -0.39 is 24.2 Å². The normalized spacial score (nSPS) is 24.5. The number of aliphatic carboxylic acids is 1. The van der Waals surface area contributed by atoms with Crippen molar-refractivity contribution in [3.8, 4) is 0 Å². The van der Waals surface area contributed by atoms with Crippen molar-refractivity contribution in [3.05, 3.63) is 0 Å². The first-order valence-corrected chi connectivity index (χ1v) is 5.40. The van der Waals surface area contributed by atoms with Gasteiger partial charge < -0.3 is 14.9 Å². The minimum atomic E-state index is -1.11. The van der Waals surface area contributed by atoms with Crippen molar-refractivity contribution in [2.45, 2.75) is 38.3 Å². The van der Waals surface area contributed by atoms with Crippen LogP contribution in [0.25, 0.3) is 0 Å². The number of aliphatic hydroxyl groups is 1. The summed E-state index contributed by atoms with van der Waals surface area (Å²) in [5, 5.41) is 18.2. The van der Waals surface area contributed by atoms with Crippen LogP contribution in [0, 0.1) is 0 Å². The number of likely N-dealkylation sites (tertiary alicyclic amines) is 1. The second-order valence-corrected chi connectivity index (χ2v) is 3.86. The summed E-state index contributed by atoms with van der Waals surface area (Å²) >= 11 is 0. The van der Waals surface area contributed by atoms with Crippen LogP contribution in [0.3, 0.4) is 0 Å². The maximum absolute atomic E-state index is 11.5. The molecule has 1 aliphatic heterocycles. The molecule has 1 fully saturated rings. The molecule has 1 saturated heterocycles. The fourth-order valence-electron chi connectivity index (χ4n) is 1.64. The number of β-amino-alcohol motifs (C(OH)–C–C–N with tert-alkyl or cyclic N) is 1. The lowest BCUT2D eigenvalue weighted by atomic mass is 10.2. The molecule has 6 nitrogen and oxygen atoms in total. The number of hydrogen-bond donors (Lipinski definition) is 2. The van der Waals surface area contributed by atoms with Gasteiger partial charge in [-0.15, -0.1) is 0 Å². The highest BCUT2D eigenvalue weighted by atomic mass is 16.6. The average Bonchev–Trinajstić information content (AvgIpc) is 2.61. The Morgan fingerprint density at radius 2 is 2.19 bits per heavy atom. The molecular formula is C10H17NO5. The van der Waals surface area contributed by atoms with E-state index in [0.717, 1.165) is 17.7 Å². The summed E-state index contributed by atoms with van der Waals surface area (Å²) in [6.45, 7) is 2.28. The molecule has 0 aromatic carbocycles. The summed E-state index contributed by atoms with van der Waals surface area (Å²) < 4.78 is 4.91. The molecule has 0 spiro atoms. The number of hydrogen-bond acceptors (Lipinski definition) is 4. The van der Waals surface area contributed by atoms with E-state index in [2.05, 4.69) is 0 Å². The Hall–Kier alpha value is -1.30. The first kappa shape index (κ1) is 12.8. The highest BCUT2D eigenvalue weighted by molar-refractivity contribution is 5.80. The zero-order valence-electron chi connectivity index (χ0n) is 9.26. The lowest BCUT2D eigenvalue weighted by Gasteiger charge is -2.20. The molecule has 6 heteroatoms. The second-order valence-electron chi connectivity index (χ2n) is 3.86. The molecule has 0 unspecified atom stereocenters. The molecule has 0 bridgehead atoms. The average molecular weight is 231 g/mol. The van der Waals surface area contributed by atoms with E-state index in [1.807, 2.05) is 6.92 Å². The highest BCUT2D eigenvalue weighted by Gasteiger charge is 2.39. The molecule has 0 radical (unpaired) electrons. The van der Waals surface area contributed by atoms with Gasteiger partial charge in [0.25, 0.3) is 0 Å². The third kappa shape index (κ3) is 3.10. The van der Waals surface area contributed by atoms with Crippen LogP contribution in [0.2, 0.25) is 0 Å². The van der Waals surface area contributed by atoms with Crippen LogP contribution in [-0.4, -0.2) is 52.5 Å². The Morgan fingerprint density at radius 3 is 2.75 bits per heavy atom. The number of amides is 1. The van der Waals surface area contributed by atoms with Crippen molar-refractivity contribution >= 4 is 12.1 Å². The lowest BCUT2D eigenvalue weighted by Crippen LogP contribution is -2.41. The molecule has 0 aromatic rings. The van der Waals surface area contributed by atoms with E-state index in [1.165, 1.54) is 0 Å². The Bertz CT molecular complexity index is 268. The number of carbonyl (C=O) groups is 2. The van der Waals surface area contributed by atoms with Crippen molar-refractivity contribution in [2.24, 2.45) is 0 Å². The SMILES string of the molecule is CCCCOC(=O)N1C[C@@H](O)C[C@@H]1C(=O)O. The van der Waals surface area contributed by atoms with Crippen LogP contribution in [-0.2, 0) is 9.53 Å². The standard InChI is InChI=1S/C10H17NO5/c1-2-3-4-16-10(15)11-6-7(12)5-8(11)9(13)14/h7-8,12H,2-6H2,1H3,(H,13,14)/t7-,8+/m0/s1. The van der Waals surface area contributed by atoms with Gasteiger partial charge in [-0.3, -0.25) is 4.90 Å². The van der Waals surface area contributed by atoms with E-state index >= 15 is 0 Å². The maximum Gasteiger partial charge on any atom is 0.410 e. The van der Waals surface area contributed by atoms with Crippen molar-refractivity contribution in [1.82, 2.24) is 4.90 Å². The van der Waals surface area contributed by atoms with Crippen molar-refractivity contribution < 1.29 is 24.5 Å². The minimum Gasteiger partial charge on any atom is -0.480 e. The van der Waals surface area contributed by atoms with E-state index in [-0.39, 0.29) is 19.6 Å². The van der Waals surface area contributed by atoms with Crippen LogP contribution in [0.1, 0.15) is 26.2 Å². The molecule has 2 atom stereocenters. The second kappa shape index (κ2) is 5.69. The van der Waals surface area contributed by atoms with Gasteiger partial charge in [-0.25, -0.2) is 9.59 Å². The Balaban J connectivity index is 2.50. The van der Waals surface area contributed by atoms with Crippen molar-refractivity contribution in [2.75, 3.05) is 13.2 Å². The summed E-state index contributed by atoms with van der Waals surface area (Å²) in [5.41, 5.74) is 0. The summed E-state index contributed by atoms with van der Waals surface area (Å²) in [6, 6.07) is -0.968. The highest BCUT2D eigenvalue weighted by Crippen LogP contribution is 2.19. The molecule has 0 aromatic heterocycles. The number of nitrogens with zero attached hydrogens (tertiary/aromatic N) is 1. The molecule has 92 valence electrons. The Labute approximate surface area is 93.8 Å². The van der Waals surface area contributed by atoms with Gasteiger partial charge in [-0.05, 0) is 6.42 Å². The van der Waals surface area contributed by atoms with Gasteiger partial charge in [-0.1, -0.05) is 13.3 Å². The zero-order valence-corrected chi connectivity index (χ0v) is 9.26. The fourth-order valence-corrected chi connectivity index (χ4v) is 1.64. The van der Waals surface area contributed by atoms with Gasteiger partial charge in [0.1, 0.15) is 6.04 Å². The van der Waals surface area contributed by atoms with E-state index in [0.29, 0.717) is 0 Å². The smallest absolute Gasteiger partial charge is 0.410 e. The predicted octanol–water partition coefficient (Wildman–Crippen LogP) is 0.443. The monoisotopic (exact) mass is 231 g/mol. The number of carbonyl (C=O) groups excluding carboxylic acids is 1. The largest absolute Gasteiger partial charge is 0.480 e. The Morgan fingerprint density at radius 1 is 1.50 bits per heavy atom. The number of ether oxygens (including phenoxy) is 1. The Kier molecular flexibility index (Phi) is 4.54. The van der Waals surface area contributed by atoms with Gasteiger partial charge >= 0.3 is 12.1 Å². The summed E-state index contributed by atoms with van der Waals surface area (Å²) in [4.78, 5) is 23.4. The molecule has 16 heavy (non-hydrogen) atoms. The van der Waals surface area contributed by atoms with E-state index in [4.69, 9.17) is 9.84 Å². The third-order valence-corrected chi connectivity index (χ3v) is 2.52. The van der Waals surface area contributed by atoms with Crippen LogP contribution in [0.4, 0.5) is 4.79 Å². The van der Waals surface area contributed by atoms with Crippen LogP contribution >= 0.6 is 0 Å². The van der Waals surface area contributed by atoms with E-state index in [9.17, 15) is 14.7 Å². The van der Waals surface area contributed by atoms with Gasteiger partial charge in [0, 0.05) is 6.42 Å². The van der Waals surface area contributed by atoms with Gasteiger partial charge in [-0.2, -0.15) is 0 Å². The maximum atomic E-state index is 11.5. The lowest BCUT2D eigenvalue weighted by molar-refractivity contribution is -0.141. The van der Waals surface area contributed by atoms with Crippen LogP contribution < -0.4 is 0 Å². The number of carboxylic acid groups (broad SMARTS) is 1. The molecule has 1 rings (SSSR count). The molecular weight excluding hydrogens is 214 g/mol. The molecule has 1 amide bonds. The number of rotatable bonds is 4. The van der Waals surface area contributed by atoms with Gasteiger partial charge in [0.15, 0.2) is 0 Å². The van der Waals surface area contributed by atoms with Gasteiger partial charge in [0.2, 0.25) is 0 Å². The van der Waals surface area contributed by atoms with E-state index in [1.54, 1.807) is 0 Å². The summed E-state index contributed by atoms with van der Waals surface area (Å²) in [6.07, 6.45) is 0.285. The molecule has 0 saturated carbocycles. The quantitative estimate of drug-likeness (QED) is 0.686. The van der Waals surface area contributed by atoms with Crippen molar-refractivity contribution in [3.63, 3.8) is 0 Å². The predicted molar refractivity (Wildman–Crippen MR) is 55.0 cm³/mol. The van der Waals surface area contributed by atoms with Crippen molar-refractivity contribution in [1.29, 1.82) is 0 Å². The molecule has 0 aliphatic carbocycles. The van der Waals surface area contributed by atoms with Gasteiger partial charge in [0.05, 0.1) is 19.3 Å². The molecule has 1 aliphatic rings. The zero-order chi connectivity index (χ0) is 12.1. The minimum absolute atomic E-state index is 0.0297.